The average Bonchev–Trinajstić information content (AvgIpc) is 2.66. The first kappa shape index (κ1) is 16.4. The number of hydrogen-bond donors (Lipinski definition) is 1. The Morgan fingerprint density at radius 3 is 2.52 bits per heavy atom. The number of carboxylic acid groups (broad SMARTS) is 1. The number of aliphatic carboxylic acids is 1. The van der Waals surface area contributed by atoms with E-state index >= 15 is 0 Å². The van der Waals surface area contributed by atoms with Gasteiger partial charge in [0.1, 0.15) is 0 Å². The number of fused-ring (bicyclic) bond motifs is 6. The zero-order valence-corrected chi connectivity index (χ0v) is 15.6. The second kappa shape index (κ2) is 6.13. The van der Waals surface area contributed by atoms with Gasteiger partial charge >= 0.3 is 5.97 Å². The lowest BCUT2D eigenvalue weighted by atomic mass is 9.44. The van der Waals surface area contributed by atoms with Gasteiger partial charge in [0, 0.05) is 0 Å². The molecule has 0 aromatic rings. The Bertz CT molecular complexity index is 591. The van der Waals surface area contributed by atoms with Crippen LogP contribution in [-0.2, 0) is 4.79 Å². The van der Waals surface area contributed by atoms with E-state index in [9.17, 15) is 9.90 Å². The van der Waals surface area contributed by atoms with Crippen LogP contribution in [0.15, 0.2) is 11.1 Å². The largest absolute Gasteiger partial charge is 0.481 e. The molecule has 25 heavy (non-hydrogen) atoms. The molecular formula is C23H34O2. The third kappa shape index (κ3) is 2.31. The van der Waals surface area contributed by atoms with Gasteiger partial charge in [0.15, 0.2) is 0 Å². The van der Waals surface area contributed by atoms with Crippen molar-refractivity contribution in [2.45, 2.75) is 89.9 Å². The molecule has 0 saturated heterocycles. The van der Waals surface area contributed by atoms with Crippen LogP contribution < -0.4 is 0 Å². The summed E-state index contributed by atoms with van der Waals surface area (Å²) in [5, 5.41) is 10.5. The van der Waals surface area contributed by atoms with E-state index in [1.54, 1.807) is 5.57 Å². The smallest absolute Gasteiger partial charge is 0.310 e. The van der Waals surface area contributed by atoms with E-state index in [0.717, 1.165) is 18.8 Å². The van der Waals surface area contributed by atoms with Gasteiger partial charge in [0.05, 0.1) is 5.41 Å². The fourth-order valence-corrected chi connectivity index (χ4v) is 8.26. The van der Waals surface area contributed by atoms with Gasteiger partial charge in [-0.1, -0.05) is 36.8 Å². The molecule has 0 bridgehead atoms. The predicted octanol–water partition coefficient (Wildman–Crippen LogP) is 5.96. The molecule has 6 unspecified atom stereocenters. The van der Waals surface area contributed by atoms with Crippen molar-refractivity contribution in [2.24, 2.45) is 35.0 Å². The summed E-state index contributed by atoms with van der Waals surface area (Å²) in [6, 6.07) is 0. The fourth-order valence-electron chi connectivity index (χ4n) is 8.26. The molecule has 138 valence electrons. The molecule has 5 rings (SSSR count). The highest BCUT2D eigenvalue weighted by molar-refractivity contribution is 5.76. The fraction of sp³-hybridized carbons (Fsp3) is 0.870. The Morgan fingerprint density at radius 2 is 1.64 bits per heavy atom. The first-order valence-electron chi connectivity index (χ1n) is 11.2. The summed E-state index contributed by atoms with van der Waals surface area (Å²) >= 11 is 0. The van der Waals surface area contributed by atoms with Crippen LogP contribution in [0.5, 0.6) is 0 Å². The van der Waals surface area contributed by atoms with Gasteiger partial charge in [-0.05, 0) is 93.8 Å². The first-order valence-corrected chi connectivity index (χ1v) is 11.2. The van der Waals surface area contributed by atoms with Crippen molar-refractivity contribution in [3.8, 4) is 0 Å². The Kier molecular flexibility index (Phi) is 4.02. The maximum atomic E-state index is 12.7. The third-order valence-electron chi connectivity index (χ3n) is 9.20. The molecular weight excluding hydrogens is 308 g/mol. The van der Waals surface area contributed by atoms with Gasteiger partial charge in [-0.25, -0.2) is 0 Å². The summed E-state index contributed by atoms with van der Waals surface area (Å²) in [6.45, 7) is 0. The minimum absolute atomic E-state index is 0.375. The van der Waals surface area contributed by atoms with Crippen LogP contribution in [0.1, 0.15) is 89.9 Å². The van der Waals surface area contributed by atoms with Gasteiger partial charge in [0.25, 0.3) is 0 Å². The Balaban J connectivity index is 1.54. The van der Waals surface area contributed by atoms with Crippen LogP contribution in [-0.4, -0.2) is 11.1 Å². The highest BCUT2D eigenvalue weighted by atomic mass is 16.4. The maximum absolute atomic E-state index is 12.7. The van der Waals surface area contributed by atoms with E-state index in [4.69, 9.17) is 0 Å². The lowest BCUT2D eigenvalue weighted by molar-refractivity contribution is -0.173. The zero-order chi connectivity index (χ0) is 17.0. The number of hydrogen-bond acceptors (Lipinski definition) is 1. The SMILES string of the molecule is O=C(O)C12CCC3=C4CCCCC4CCC3C1CCC1CCCCC12. The van der Waals surface area contributed by atoms with E-state index in [1.807, 2.05) is 5.57 Å². The van der Waals surface area contributed by atoms with E-state index in [-0.39, 0.29) is 5.41 Å². The van der Waals surface area contributed by atoms with Crippen LogP contribution >= 0.6 is 0 Å². The van der Waals surface area contributed by atoms with Gasteiger partial charge in [-0.2, -0.15) is 0 Å². The van der Waals surface area contributed by atoms with Crippen LogP contribution in [0.4, 0.5) is 0 Å². The van der Waals surface area contributed by atoms with Crippen LogP contribution in [0, 0.1) is 35.0 Å². The summed E-state index contributed by atoms with van der Waals surface area (Å²) in [5.74, 6) is 2.70. The topological polar surface area (TPSA) is 37.3 Å². The van der Waals surface area contributed by atoms with Crippen molar-refractivity contribution < 1.29 is 9.90 Å². The molecule has 4 saturated carbocycles. The van der Waals surface area contributed by atoms with Crippen molar-refractivity contribution in [1.82, 2.24) is 0 Å². The summed E-state index contributed by atoms with van der Waals surface area (Å²) in [4.78, 5) is 12.7. The summed E-state index contributed by atoms with van der Waals surface area (Å²) in [7, 11) is 0. The quantitative estimate of drug-likeness (QED) is 0.597. The molecule has 0 heterocycles. The maximum Gasteiger partial charge on any atom is 0.310 e. The molecule has 6 atom stereocenters. The van der Waals surface area contributed by atoms with Crippen LogP contribution in [0.25, 0.3) is 0 Å². The molecule has 2 heteroatoms. The van der Waals surface area contributed by atoms with E-state index in [1.165, 1.54) is 77.0 Å². The van der Waals surface area contributed by atoms with Gasteiger partial charge in [0.2, 0.25) is 0 Å². The molecule has 0 aliphatic heterocycles. The van der Waals surface area contributed by atoms with Crippen molar-refractivity contribution >= 4 is 5.97 Å². The average molecular weight is 343 g/mol. The van der Waals surface area contributed by atoms with Crippen molar-refractivity contribution in [1.29, 1.82) is 0 Å². The normalized spacial score (nSPS) is 46.5. The molecule has 0 aromatic heterocycles. The van der Waals surface area contributed by atoms with Gasteiger partial charge in [-0.15, -0.1) is 0 Å². The highest BCUT2D eigenvalue weighted by Crippen LogP contribution is 2.64. The molecule has 4 fully saturated rings. The van der Waals surface area contributed by atoms with E-state index in [2.05, 4.69) is 0 Å². The molecule has 0 aromatic carbocycles. The number of rotatable bonds is 1. The van der Waals surface area contributed by atoms with Crippen molar-refractivity contribution in [2.75, 3.05) is 0 Å². The number of allylic oxidation sites excluding steroid dienone is 2. The molecule has 5 aliphatic rings. The standard InChI is InChI=1S/C23H34O2/c24-22(25)23-14-13-18-17-7-3-1-5-15(17)9-11-19(18)21(23)12-10-16-6-2-4-8-20(16)23/h15-16,19-21H,1-14H2,(H,24,25). The van der Waals surface area contributed by atoms with Gasteiger partial charge < -0.3 is 5.11 Å². The predicted molar refractivity (Wildman–Crippen MR) is 99.2 cm³/mol. The summed E-state index contributed by atoms with van der Waals surface area (Å²) in [5.41, 5.74) is 3.21. The van der Waals surface area contributed by atoms with E-state index < -0.39 is 5.97 Å². The first-order chi connectivity index (χ1) is 12.2. The summed E-state index contributed by atoms with van der Waals surface area (Å²) in [6.07, 6.45) is 17.8. The Morgan fingerprint density at radius 1 is 0.800 bits per heavy atom. The third-order valence-corrected chi connectivity index (χ3v) is 9.20. The van der Waals surface area contributed by atoms with Crippen LogP contribution in [0.3, 0.4) is 0 Å². The molecule has 1 N–H and O–H groups in total. The zero-order valence-electron chi connectivity index (χ0n) is 15.6. The minimum Gasteiger partial charge on any atom is -0.481 e. The molecule has 2 nitrogen and oxygen atoms in total. The molecule has 0 amide bonds. The Labute approximate surface area is 152 Å². The van der Waals surface area contributed by atoms with Crippen molar-refractivity contribution in [3.05, 3.63) is 11.1 Å². The highest BCUT2D eigenvalue weighted by Gasteiger charge is 2.61. The second-order valence-electron chi connectivity index (χ2n) is 9.86. The number of carbonyl (C=O) groups is 1. The minimum atomic E-state index is -0.427. The van der Waals surface area contributed by atoms with Crippen LogP contribution in [0.2, 0.25) is 0 Å². The Hall–Kier alpha value is -0.790. The lowest BCUT2D eigenvalue weighted by Gasteiger charge is -2.59. The van der Waals surface area contributed by atoms with E-state index in [0.29, 0.717) is 23.7 Å². The van der Waals surface area contributed by atoms with Gasteiger partial charge in [-0.3, -0.25) is 4.79 Å². The molecule has 0 radical (unpaired) electrons. The second-order valence-corrected chi connectivity index (χ2v) is 9.86. The summed E-state index contributed by atoms with van der Waals surface area (Å²) < 4.78 is 0. The molecule has 0 spiro atoms. The molecule has 5 aliphatic carbocycles. The number of carboxylic acids is 1. The monoisotopic (exact) mass is 342 g/mol. The lowest BCUT2D eigenvalue weighted by Crippen LogP contribution is -2.56. The van der Waals surface area contributed by atoms with Crippen molar-refractivity contribution in [3.63, 3.8) is 0 Å².